The van der Waals surface area contributed by atoms with Gasteiger partial charge in [0.15, 0.2) is 6.17 Å². The van der Waals surface area contributed by atoms with E-state index in [4.69, 9.17) is 33.2 Å². The number of hydrogen-bond donors (Lipinski definition) is 2. The van der Waals surface area contributed by atoms with Crippen molar-refractivity contribution in [3.63, 3.8) is 0 Å². The molecule has 0 saturated carbocycles. The molecule has 0 amide bonds. The molecule has 1 aliphatic rings. The predicted octanol–water partition coefficient (Wildman–Crippen LogP) is 2.02. The van der Waals surface area contributed by atoms with Crippen LogP contribution in [-0.2, 0) is 14.9 Å². The lowest BCUT2D eigenvalue weighted by Gasteiger charge is -2.06. The number of pyridine rings is 1. The molecule has 3 N–H and O–H groups in total. The number of aliphatic imine (C=N–C) groups is 1. The van der Waals surface area contributed by atoms with E-state index in [9.17, 15) is 8.42 Å². The van der Waals surface area contributed by atoms with Crippen molar-refractivity contribution in [2.75, 3.05) is 0 Å². The highest BCUT2D eigenvalue weighted by molar-refractivity contribution is 7.89. The highest BCUT2D eigenvalue weighted by atomic mass is 35.5. The third kappa shape index (κ3) is 3.62. The van der Waals surface area contributed by atoms with Crippen molar-refractivity contribution in [1.82, 2.24) is 10.5 Å². The van der Waals surface area contributed by atoms with Crippen LogP contribution in [-0.4, -0.2) is 19.3 Å². The Hall–Kier alpha value is -1.71. The molecule has 2 heterocycles. The lowest BCUT2D eigenvalue weighted by molar-refractivity contribution is 0.180. The maximum atomic E-state index is 11.2. The number of rotatable bonds is 3. The molecule has 120 valence electrons. The Labute approximate surface area is 142 Å². The van der Waals surface area contributed by atoms with Crippen molar-refractivity contribution in [1.29, 1.82) is 0 Å². The summed E-state index contributed by atoms with van der Waals surface area (Å²) >= 11 is 11.7. The Bertz CT molecular complexity index is 864. The third-order valence-electron chi connectivity index (χ3n) is 3.05. The molecule has 1 unspecified atom stereocenters. The van der Waals surface area contributed by atoms with Gasteiger partial charge in [-0.2, -0.15) is 0 Å². The number of benzene rings is 1. The molecule has 1 atom stereocenters. The summed E-state index contributed by atoms with van der Waals surface area (Å²) in [4.78, 5) is 13.6. The van der Waals surface area contributed by atoms with Crippen molar-refractivity contribution >= 4 is 39.1 Å². The molecule has 1 aliphatic heterocycles. The maximum absolute atomic E-state index is 11.2. The Morgan fingerprint density at radius 3 is 2.30 bits per heavy atom. The standard InChI is InChI=1S/C13H10Cl2N4O3S/c14-10-5-8(6-11(15)17-10)13-18-12(19-22-13)7-1-3-9(4-2-7)23(16,20)21/h1-6,12,19H,(H2,16,20,21). The van der Waals surface area contributed by atoms with Gasteiger partial charge in [0.1, 0.15) is 10.3 Å². The molecule has 0 spiro atoms. The molecule has 0 saturated heterocycles. The molecule has 0 radical (unpaired) electrons. The second-order valence-corrected chi connectivity index (χ2v) is 7.01. The topological polar surface area (TPSA) is 107 Å². The number of nitrogens with one attached hydrogen (secondary N) is 1. The Morgan fingerprint density at radius 2 is 1.74 bits per heavy atom. The van der Waals surface area contributed by atoms with Crippen LogP contribution >= 0.6 is 23.2 Å². The minimum atomic E-state index is -3.73. The number of nitrogens with zero attached hydrogens (tertiary/aromatic N) is 2. The average Bonchev–Trinajstić information content (AvgIpc) is 2.95. The van der Waals surface area contributed by atoms with Crippen LogP contribution in [0.15, 0.2) is 46.3 Å². The molecular weight excluding hydrogens is 363 g/mol. The first kappa shape index (κ1) is 16.2. The van der Waals surface area contributed by atoms with Gasteiger partial charge in [0.2, 0.25) is 15.9 Å². The molecule has 3 rings (SSSR count). The first-order valence-electron chi connectivity index (χ1n) is 6.29. The number of hydrogen-bond acceptors (Lipinski definition) is 6. The zero-order valence-electron chi connectivity index (χ0n) is 11.4. The van der Waals surface area contributed by atoms with Crippen molar-refractivity contribution < 1.29 is 13.3 Å². The minimum absolute atomic E-state index is 0.0251. The van der Waals surface area contributed by atoms with Crippen LogP contribution < -0.4 is 10.6 Å². The Balaban J connectivity index is 1.87. The third-order valence-corrected chi connectivity index (χ3v) is 4.36. The lowest BCUT2D eigenvalue weighted by Crippen LogP contribution is -2.15. The SMILES string of the molecule is NS(=O)(=O)c1ccc(C2N=C(c3cc(Cl)nc(Cl)c3)ON2)cc1. The van der Waals surface area contributed by atoms with E-state index in [0.29, 0.717) is 17.0 Å². The molecule has 23 heavy (non-hydrogen) atoms. The number of halogens is 2. The van der Waals surface area contributed by atoms with Crippen LogP contribution in [0.4, 0.5) is 0 Å². The highest BCUT2D eigenvalue weighted by Gasteiger charge is 2.22. The van der Waals surface area contributed by atoms with Crippen LogP contribution in [0.25, 0.3) is 0 Å². The summed E-state index contributed by atoms with van der Waals surface area (Å²) in [6.07, 6.45) is -0.495. The first-order chi connectivity index (χ1) is 10.8. The van der Waals surface area contributed by atoms with Crippen LogP contribution in [0.5, 0.6) is 0 Å². The quantitative estimate of drug-likeness (QED) is 0.801. The zero-order chi connectivity index (χ0) is 16.6. The van der Waals surface area contributed by atoms with Crippen LogP contribution in [0.3, 0.4) is 0 Å². The number of primary sulfonamides is 1. The van der Waals surface area contributed by atoms with E-state index in [1.54, 1.807) is 24.3 Å². The van der Waals surface area contributed by atoms with Gasteiger partial charge in [-0.25, -0.2) is 23.5 Å². The monoisotopic (exact) mass is 372 g/mol. The van der Waals surface area contributed by atoms with Crippen molar-refractivity contribution in [2.24, 2.45) is 10.1 Å². The number of aromatic nitrogens is 1. The summed E-state index contributed by atoms with van der Waals surface area (Å²) in [6, 6.07) is 9.14. The van der Waals surface area contributed by atoms with Gasteiger partial charge in [-0.3, -0.25) is 0 Å². The van der Waals surface area contributed by atoms with Gasteiger partial charge in [0.25, 0.3) is 0 Å². The summed E-state index contributed by atoms with van der Waals surface area (Å²) in [7, 11) is -3.73. The van der Waals surface area contributed by atoms with E-state index in [-0.39, 0.29) is 15.2 Å². The van der Waals surface area contributed by atoms with Crippen LogP contribution in [0, 0.1) is 0 Å². The molecule has 1 aromatic heterocycles. The zero-order valence-corrected chi connectivity index (χ0v) is 13.7. The van der Waals surface area contributed by atoms with Crippen molar-refractivity contribution in [2.45, 2.75) is 11.1 Å². The van der Waals surface area contributed by atoms with E-state index >= 15 is 0 Å². The summed E-state index contributed by atoms with van der Waals surface area (Å²) in [5.41, 5.74) is 4.01. The normalized spacial score (nSPS) is 17.7. The maximum Gasteiger partial charge on any atom is 0.242 e. The molecule has 7 nitrogen and oxygen atoms in total. The minimum Gasteiger partial charge on any atom is -0.386 e. The first-order valence-corrected chi connectivity index (χ1v) is 8.59. The fraction of sp³-hybridized carbons (Fsp3) is 0.0769. The van der Waals surface area contributed by atoms with E-state index in [0.717, 1.165) is 0 Å². The van der Waals surface area contributed by atoms with Gasteiger partial charge >= 0.3 is 0 Å². The van der Waals surface area contributed by atoms with E-state index < -0.39 is 16.2 Å². The van der Waals surface area contributed by atoms with Crippen LogP contribution in [0.1, 0.15) is 17.3 Å². The number of nitrogens with two attached hydrogens (primary N) is 1. The largest absolute Gasteiger partial charge is 0.386 e. The summed E-state index contributed by atoms with van der Waals surface area (Å²) in [6.45, 7) is 0. The average molecular weight is 373 g/mol. The lowest BCUT2D eigenvalue weighted by atomic mass is 10.2. The van der Waals surface area contributed by atoms with Gasteiger partial charge in [-0.1, -0.05) is 35.3 Å². The van der Waals surface area contributed by atoms with Crippen molar-refractivity contribution in [3.05, 3.63) is 57.8 Å². The van der Waals surface area contributed by atoms with E-state index in [1.807, 2.05) is 0 Å². The summed E-state index contributed by atoms with van der Waals surface area (Å²) in [5.74, 6) is 0.303. The molecule has 0 bridgehead atoms. The van der Waals surface area contributed by atoms with Gasteiger partial charge < -0.3 is 4.84 Å². The fourth-order valence-corrected chi connectivity index (χ4v) is 2.96. The molecular formula is C13H10Cl2N4O3S. The van der Waals surface area contributed by atoms with E-state index in [1.165, 1.54) is 12.1 Å². The molecule has 2 aromatic rings. The van der Waals surface area contributed by atoms with E-state index in [2.05, 4.69) is 15.5 Å². The smallest absolute Gasteiger partial charge is 0.242 e. The Morgan fingerprint density at radius 1 is 1.13 bits per heavy atom. The molecule has 1 aromatic carbocycles. The second kappa shape index (κ2) is 6.06. The van der Waals surface area contributed by atoms with Gasteiger partial charge in [0.05, 0.1) is 4.90 Å². The number of sulfonamides is 1. The molecule has 0 fully saturated rings. The van der Waals surface area contributed by atoms with Crippen LogP contribution in [0.2, 0.25) is 10.3 Å². The predicted molar refractivity (Wildman–Crippen MR) is 85.6 cm³/mol. The Kier molecular flexibility index (Phi) is 4.26. The van der Waals surface area contributed by atoms with Gasteiger partial charge in [0, 0.05) is 5.56 Å². The fourth-order valence-electron chi connectivity index (χ4n) is 1.99. The summed E-state index contributed by atoms with van der Waals surface area (Å²) < 4.78 is 22.5. The second-order valence-electron chi connectivity index (χ2n) is 4.67. The number of hydroxylamine groups is 1. The van der Waals surface area contributed by atoms with Gasteiger partial charge in [-0.05, 0) is 29.8 Å². The summed E-state index contributed by atoms with van der Waals surface area (Å²) in [5, 5.41) is 5.50. The van der Waals surface area contributed by atoms with Crippen molar-refractivity contribution in [3.8, 4) is 0 Å². The molecule has 10 heteroatoms. The van der Waals surface area contributed by atoms with Gasteiger partial charge in [-0.15, -0.1) is 5.48 Å². The molecule has 0 aliphatic carbocycles. The highest BCUT2D eigenvalue weighted by Crippen LogP contribution is 2.24.